The normalized spacial score (nSPS) is 29.4. The molecule has 0 amide bonds. The highest BCUT2D eigenvalue weighted by Gasteiger charge is 2.21. The molecule has 1 N–H and O–H groups in total. The Balaban J connectivity index is 1.54. The molecule has 2 aliphatic rings. The van der Waals surface area contributed by atoms with E-state index in [9.17, 15) is 0 Å². The van der Waals surface area contributed by atoms with Crippen LogP contribution in [0.15, 0.2) is 42.6 Å². The molecule has 0 bridgehead atoms. The number of allylic oxidation sites excluding steroid dienone is 2. The van der Waals surface area contributed by atoms with Crippen molar-refractivity contribution in [3.63, 3.8) is 0 Å². The van der Waals surface area contributed by atoms with Crippen molar-refractivity contribution < 1.29 is 4.74 Å². The maximum Gasteiger partial charge on any atom is 0.138 e. The highest BCUT2D eigenvalue weighted by Crippen LogP contribution is 2.22. The lowest BCUT2D eigenvalue weighted by Crippen LogP contribution is -2.45. The van der Waals surface area contributed by atoms with Crippen LogP contribution in [-0.2, 0) is 0 Å². The molecule has 1 aromatic rings. The van der Waals surface area contributed by atoms with Gasteiger partial charge in [-0.25, -0.2) is 4.98 Å². The number of pyridine rings is 1. The molecule has 1 aliphatic heterocycles. The summed E-state index contributed by atoms with van der Waals surface area (Å²) in [5, 5.41) is 4.01. The molecule has 4 nitrogen and oxygen atoms in total. The van der Waals surface area contributed by atoms with Gasteiger partial charge in [-0.1, -0.05) is 35.9 Å². The summed E-state index contributed by atoms with van der Waals surface area (Å²) in [6.07, 6.45) is 16.5. The van der Waals surface area contributed by atoms with Crippen LogP contribution in [0.25, 0.3) is 0 Å². The summed E-state index contributed by atoms with van der Waals surface area (Å²) < 4.78 is 6.15. The molecule has 1 saturated heterocycles. The van der Waals surface area contributed by atoms with Crippen molar-refractivity contribution >= 4 is 11.6 Å². The molecule has 1 fully saturated rings. The number of hydrogen-bond donors (Lipinski definition) is 1. The molecule has 3 rings (SSSR count). The number of hydrogen-bond acceptors (Lipinski definition) is 4. The molecule has 0 spiro atoms. The lowest BCUT2D eigenvalue weighted by molar-refractivity contribution is 0.162. The Morgan fingerprint density at radius 2 is 2.19 bits per heavy atom. The van der Waals surface area contributed by atoms with Gasteiger partial charge < -0.3 is 15.0 Å². The first kappa shape index (κ1) is 19.4. The van der Waals surface area contributed by atoms with Crippen LogP contribution in [-0.4, -0.2) is 48.7 Å². The van der Waals surface area contributed by atoms with Gasteiger partial charge in [0.2, 0.25) is 0 Å². The highest BCUT2D eigenvalue weighted by molar-refractivity contribution is 6.29. The summed E-state index contributed by atoms with van der Waals surface area (Å²) in [7, 11) is 2.27. The van der Waals surface area contributed by atoms with Crippen LogP contribution in [0.3, 0.4) is 0 Å². The zero-order valence-electron chi connectivity index (χ0n) is 15.6. The van der Waals surface area contributed by atoms with Gasteiger partial charge in [-0.05, 0) is 57.3 Å². The van der Waals surface area contributed by atoms with Crippen molar-refractivity contribution in [2.45, 2.75) is 44.2 Å². The van der Waals surface area contributed by atoms with Crippen LogP contribution in [0.5, 0.6) is 5.75 Å². The number of nitrogens with zero attached hydrogens (tertiary/aromatic N) is 2. The highest BCUT2D eigenvalue weighted by atomic mass is 35.5. The van der Waals surface area contributed by atoms with Gasteiger partial charge in [0.1, 0.15) is 17.0 Å². The summed E-state index contributed by atoms with van der Waals surface area (Å²) in [5.41, 5.74) is 0. The summed E-state index contributed by atoms with van der Waals surface area (Å²) in [5.74, 6) is 1.35. The van der Waals surface area contributed by atoms with Gasteiger partial charge in [0, 0.05) is 25.6 Å². The van der Waals surface area contributed by atoms with Gasteiger partial charge >= 0.3 is 0 Å². The minimum atomic E-state index is 0.179. The van der Waals surface area contributed by atoms with Crippen LogP contribution >= 0.6 is 11.6 Å². The maximum absolute atomic E-state index is 6.15. The van der Waals surface area contributed by atoms with Crippen molar-refractivity contribution in [3.8, 4) is 5.75 Å². The van der Waals surface area contributed by atoms with E-state index in [2.05, 4.69) is 46.6 Å². The predicted molar refractivity (Wildman–Crippen MR) is 108 cm³/mol. The van der Waals surface area contributed by atoms with Crippen molar-refractivity contribution in [2.75, 3.05) is 26.7 Å². The first-order valence-electron chi connectivity index (χ1n) is 9.73. The first-order chi connectivity index (χ1) is 12.7. The Labute approximate surface area is 162 Å². The van der Waals surface area contributed by atoms with Crippen LogP contribution in [0.1, 0.15) is 32.1 Å². The summed E-state index contributed by atoms with van der Waals surface area (Å²) in [6.45, 7) is 3.38. The molecule has 0 aromatic carbocycles. The van der Waals surface area contributed by atoms with E-state index in [4.69, 9.17) is 16.3 Å². The molecular weight excluding hydrogens is 346 g/mol. The van der Waals surface area contributed by atoms with Crippen LogP contribution < -0.4 is 10.1 Å². The van der Waals surface area contributed by atoms with Crippen molar-refractivity contribution in [2.24, 2.45) is 5.92 Å². The fourth-order valence-electron chi connectivity index (χ4n) is 3.76. The fraction of sp³-hybridized carbons (Fsp3) is 0.571. The van der Waals surface area contributed by atoms with Gasteiger partial charge in [-0.15, -0.1) is 0 Å². The minimum absolute atomic E-state index is 0.179. The Hall–Kier alpha value is -1.36. The number of ether oxygens (including phenoxy) is 1. The monoisotopic (exact) mass is 375 g/mol. The van der Waals surface area contributed by atoms with Gasteiger partial charge in [-0.2, -0.15) is 0 Å². The molecular formula is C21H30ClN3O. The molecule has 3 atom stereocenters. The maximum atomic E-state index is 6.15. The van der Waals surface area contributed by atoms with E-state index in [1.165, 1.54) is 12.8 Å². The van der Waals surface area contributed by atoms with Crippen molar-refractivity contribution in [3.05, 3.63) is 47.8 Å². The Morgan fingerprint density at radius 3 is 2.96 bits per heavy atom. The van der Waals surface area contributed by atoms with E-state index in [-0.39, 0.29) is 6.10 Å². The van der Waals surface area contributed by atoms with Gasteiger partial charge in [0.25, 0.3) is 0 Å². The fourth-order valence-corrected chi connectivity index (χ4v) is 3.87. The minimum Gasteiger partial charge on any atom is -0.488 e. The number of halogens is 1. The lowest BCUT2D eigenvalue weighted by Gasteiger charge is -2.33. The van der Waals surface area contributed by atoms with Crippen molar-refractivity contribution in [1.82, 2.24) is 15.2 Å². The van der Waals surface area contributed by atoms with Gasteiger partial charge in [0.15, 0.2) is 0 Å². The van der Waals surface area contributed by atoms with E-state index >= 15 is 0 Å². The third kappa shape index (κ3) is 6.11. The molecule has 2 heterocycles. The van der Waals surface area contributed by atoms with E-state index in [0.29, 0.717) is 17.1 Å². The molecule has 142 valence electrons. The largest absolute Gasteiger partial charge is 0.488 e. The standard InChI is InChI=1S/C21H30ClN3O/c1-25(18-7-5-13-23-14-18)16-17-6-3-2-4-8-19(10-9-17)26-20-11-12-21(22)24-15-20/h2-4,6,11-12,15,17-19,23H,5,7-10,13-14,16H2,1H3/b4-2-,6-3-/t17?,18?,19-/m1/s1. The summed E-state index contributed by atoms with van der Waals surface area (Å²) in [4.78, 5) is 6.64. The van der Waals surface area contributed by atoms with E-state index in [1.54, 1.807) is 12.3 Å². The topological polar surface area (TPSA) is 37.4 Å². The van der Waals surface area contributed by atoms with E-state index in [0.717, 1.165) is 44.6 Å². The quantitative estimate of drug-likeness (QED) is 0.787. The number of piperidine rings is 1. The number of nitrogens with one attached hydrogen (secondary N) is 1. The zero-order chi connectivity index (χ0) is 18.2. The van der Waals surface area contributed by atoms with Gasteiger partial charge in [0.05, 0.1) is 6.20 Å². The molecule has 2 unspecified atom stereocenters. The predicted octanol–water partition coefficient (Wildman–Crippen LogP) is 4.08. The molecule has 0 radical (unpaired) electrons. The molecule has 1 aromatic heterocycles. The van der Waals surface area contributed by atoms with Crippen LogP contribution in [0.4, 0.5) is 0 Å². The lowest BCUT2D eigenvalue weighted by atomic mass is 9.97. The summed E-state index contributed by atoms with van der Waals surface area (Å²) in [6, 6.07) is 4.33. The van der Waals surface area contributed by atoms with Crippen LogP contribution in [0.2, 0.25) is 5.15 Å². The second-order valence-electron chi connectivity index (χ2n) is 7.38. The summed E-state index contributed by atoms with van der Waals surface area (Å²) >= 11 is 5.86. The number of aromatic nitrogens is 1. The third-order valence-corrected chi connectivity index (χ3v) is 5.53. The Kier molecular flexibility index (Phi) is 7.54. The van der Waals surface area contributed by atoms with E-state index in [1.807, 2.05) is 6.07 Å². The number of rotatable bonds is 5. The zero-order valence-corrected chi connectivity index (χ0v) is 16.4. The molecule has 26 heavy (non-hydrogen) atoms. The molecule has 1 aliphatic carbocycles. The van der Waals surface area contributed by atoms with Crippen molar-refractivity contribution in [1.29, 1.82) is 0 Å². The Morgan fingerprint density at radius 1 is 1.27 bits per heavy atom. The SMILES string of the molecule is CN(CC1/C=C\C=C/C[C@@H](Oc2ccc(Cl)nc2)CC1)C1CCCNC1. The van der Waals surface area contributed by atoms with E-state index < -0.39 is 0 Å². The van der Waals surface area contributed by atoms with Gasteiger partial charge in [-0.3, -0.25) is 0 Å². The third-order valence-electron chi connectivity index (χ3n) is 5.31. The molecule has 0 saturated carbocycles. The number of likely N-dealkylation sites (N-methyl/N-ethyl adjacent to an activating group) is 1. The average molecular weight is 376 g/mol. The molecule has 5 heteroatoms. The Bertz CT molecular complexity index is 596. The second-order valence-corrected chi connectivity index (χ2v) is 7.77. The average Bonchev–Trinajstić information content (AvgIpc) is 2.77. The van der Waals surface area contributed by atoms with Crippen LogP contribution in [0, 0.1) is 5.92 Å². The first-order valence-corrected chi connectivity index (χ1v) is 10.1. The smallest absolute Gasteiger partial charge is 0.138 e. The second kappa shape index (κ2) is 10.1.